The fraction of sp³-hybridized carbons (Fsp3) is 0.364. The van der Waals surface area contributed by atoms with Gasteiger partial charge in [-0.25, -0.2) is 9.59 Å². The molecule has 0 spiro atoms. The Morgan fingerprint density at radius 2 is 1.06 bits per heavy atom. The number of H-pyrrole nitrogens is 1. The van der Waals surface area contributed by atoms with Crippen LogP contribution in [0, 0.1) is 0 Å². The summed E-state index contributed by atoms with van der Waals surface area (Å²) in [6, 6.07) is 17.9. The molecule has 1 fully saturated rings. The number of rotatable bonds is 15. The summed E-state index contributed by atoms with van der Waals surface area (Å²) in [7, 11) is 1.87. The predicted octanol–water partition coefficient (Wildman–Crippen LogP) is 0.441. The lowest BCUT2D eigenvalue weighted by Crippen LogP contribution is -2.62. The number of aliphatic hydroxyl groups is 1. The highest BCUT2D eigenvalue weighted by Gasteiger charge is 2.37. The van der Waals surface area contributed by atoms with E-state index < -0.39 is 108 Å². The fourth-order valence-electron chi connectivity index (χ4n) is 8.75. The van der Waals surface area contributed by atoms with Gasteiger partial charge in [-0.1, -0.05) is 113 Å². The molecule has 25 heteroatoms. The Bertz CT molecular complexity index is 2930. The minimum absolute atomic E-state index is 0.0251. The number of unbranched alkanes of at least 4 members (excludes halogenated alkanes) is 1. The summed E-state index contributed by atoms with van der Waals surface area (Å²) in [6.45, 7) is 1.46. The molecule has 80 heavy (non-hydrogen) atoms. The molecule has 17 N–H and O–H groups in total. The third-order valence-electron chi connectivity index (χ3n) is 13.1. The Hall–Kier alpha value is -8.13. The molecule has 0 radical (unpaired) electrons. The van der Waals surface area contributed by atoms with Crippen LogP contribution in [0.4, 0.5) is 10.5 Å². The number of hydrogen-bond donors (Lipinski definition) is 14. The number of carboxylic acid groups (broad SMARTS) is 1. The van der Waals surface area contributed by atoms with E-state index in [-0.39, 0.29) is 50.2 Å². The predicted molar refractivity (Wildman–Crippen MR) is 304 cm³/mol. The number of nitrogens with one attached hydrogen (secondary N) is 9. The van der Waals surface area contributed by atoms with Crippen LogP contribution < -0.4 is 59.7 Å². The summed E-state index contributed by atoms with van der Waals surface area (Å²) in [5.74, 6) is -8.24. The van der Waals surface area contributed by atoms with Crippen molar-refractivity contribution < 1.29 is 53.4 Å². The van der Waals surface area contributed by atoms with E-state index >= 15 is 0 Å². The Morgan fingerprint density at radius 3 is 1.61 bits per heavy atom. The van der Waals surface area contributed by atoms with Gasteiger partial charge in [-0.05, 0) is 73.2 Å². The molecule has 0 aliphatic carbocycles. The van der Waals surface area contributed by atoms with Crippen molar-refractivity contribution in [3.63, 3.8) is 0 Å². The van der Waals surface area contributed by atoms with Gasteiger partial charge < -0.3 is 74.9 Å². The van der Waals surface area contributed by atoms with Crippen molar-refractivity contribution in [3.8, 4) is 0 Å². The van der Waals surface area contributed by atoms with Crippen LogP contribution in [0.5, 0.6) is 0 Å². The average molecular weight is 1140 g/mol. The average Bonchev–Trinajstić information content (AvgIpc) is 3.86. The first kappa shape index (κ1) is 61.1. The van der Waals surface area contributed by atoms with E-state index in [0.29, 0.717) is 40.8 Å². The molecule has 1 saturated heterocycles. The van der Waals surface area contributed by atoms with Crippen LogP contribution in [0.3, 0.4) is 0 Å². The highest BCUT2D eigenvalue weighted by atomic mass is 33.1. The van der Waals surface area contributed by atoms with E-state index in [1.165, 1.54) is 6.92 Å². The molecule has 1 aliphatic rings. The van der Waals surface area contributed by atoms with Gasteiger partial charge in [0.2, 0.25) is 41.4 Å². The first-order chi connectivity index (χ1) is 38.4. The molecule has 23 nitrogen and oxygen atoms in total. The smallest absolute Gasteiger partial charge is 0.327 e. The Morgan fingerprint density at radius 1 is 0.588 bits per heavy atom. The van der Waals surface area contributed by atoms with Crippen molar-refractivity contribution >= 4 is 91.5 Å². The summed E-state index contributed by atoms with van der Waals surface area (Å²) >= 11 is 0. The Balaban J connectivity index is 1.43. The molecular weight excluding hydrogens is 1070 g/mol. The number of aromatic nitrogens is 1. The number of aliphatic carboxylic acids is 1. The number of amides is 9. The lowest BCUT2D eigenvalue weighted by Gasteiger charge is -2.29. The zero-order valence-electron chi connectivity index (χ0n) is 43.9. The van der Waals surface area contributed by atoms with Crippen LogP contribution in [-0.2, 0) is 64.0 Å². The first-order valence-electron chi connectivity index (χ1n) is 25.9. The number of benzene rings is 4. The van der Waals surface area contributed by atoms with E-state index in [9.17, 15) is 53.4 Å². The van der Waals surface area contributed by atoms with Gasteiger partial charge in [0.05, 0.1) is 6.10 Å². The van der Waals surface area contributed by atoms with Gasteiger partial charge in [-0.3, -0.25) is 33.6 Å². The van der Waals surface area contributed by atoms with Gasteiger partial charge in [0.1, 0.15) is 48.3 Å². The number of carbonyl (C=O) groups is 9. The number of hydrogen-bond acceptors (Lipinski definition) is 14. The summed E-state index contributed by atoms with van der Waals surface area (Å²) in [6.07, 6.45) is 0.213. The van der Waals surface area contributed by atoms with Crippen LogP contribution in [0.25, 0.3) is 10.9 Å². The molecule has 1 aliphatic heterocycles. The van der Waals surface area contributed by atoms with Crippen LogP contribution in [0.1, 0.15) is 48.4 Å². The minimum atomic E-state index is -1.73. The van der Waals surface area contributed by atoms with Crippen molar-refractivity contribution in [3.05, 3.63) is 138 Å². The first-order valence-corrected chi connectivity index (χ1v) is 28.4. The van der Waals surface area contributed by atoms with Crippen LogP contribution in [0.15, 0.2) is 115 Å². The number of aliphatic hydroxyl groups excluding tert-OH is 1. The lowest BCUT2D eigenvalue weighted by atomic mass is 10.00. The normalized spacial score (nSPS) is 23.0. The highest BCUT2D eigenvalue weighted by molar-refractivity contribution is 8.76. The summed E-state index contributed by atoms with van der Waals surface area (Å²) < 4.78 is 0. The molecule has 9 atom stereocenters. The third-order valence-corrected chi connectivity index (χ3v) is 15.5. The molecule has 0 unspecified atom stereocenters. The number of carbonyl (C=O) groups excluding carboxylic acids is 8. The molecule has 5 aromatic rings. The topological polar surface area (TPSA) is 384 Å². The molecule has 426 valence electrons. The van der Waals surface area contributed by atoms with Crippen LogP contribution >= 0.6 is 21.6 Å². The number of urea groups is 1. The molecule has 1 aromatic heterocycles. The standard InChI is InChI=1S/C55H68N12O11S2/c1-31(68)46-53(75)64-42(25-33-14-6-3-7-15-33)50(72)65-45(54(76)77)30-80-79-29-44(66-55(58)78)52(74)62-40(24-32-12-4-2-5-13-32)48(70)61-41(26-34-19-21-36(57)22-20-34)49(71)63-43(27-35-28-59-38-17-9-8-16-37(35)38)51(73)60-39(47(69)67-46)18-10-11-23-56/h2-9,12-17,19-22,28,31,39-46,59,68H,10-11,18,23-27,29-30,56-57H2,1H3,(H,60,73)(H,61,70)(H,62,74)(H,63,71)(H,64,75)(H,65,72)(H,67,69)(H,76,77)(H3,58,66,78)/t31-,39+,40+,41+,42+,43+,44+,45+,46+/m1/s1. The molecule has 0 saturated carbocycles. The summed E-state index contributed by atoms with van der Waals surface area (Å²) in [5, 5.41) is 43.0. The highest BCUT2D eigenvalue weighted by Crippen LogP contribution is 2.24. The molecule has 6 rings (SSSR count). The summed E-state index contributed by atoms with van der Waals surface area (Å²) in [5.41, 5.74) is 20.8. The molecule has 0 bridgehead atoms. The van der Waals surface area contributed by atoms with E-state index in [1.54, 1.807) is 97.2 Å². The second-order valence-electron chi connectivity index (χ2n) is 19.2. The number of nitrogens with two attached hydrogens (primary N) is 3. The number of nitrogen functional groups attached to an aromatic ring is 1. The van der Waals surface area contributed by atoms with Crippen LogP contribution in [0.2, 0.25) is 0 Å². The largest absolute Gasteiger partial charge is 0.480 e. The van der Waals surface area contributed by atoms with Crippen molar-refractivity contribution in [2.75, 3.05) is 23.8 Å². The second kappa shape index (κ2) is 30.3. The molecular formula is C55H68N12O11S2. The van der Waals surface area contributed by atoms with Crippen molar-refractivity contribution in [2.24, 2.45) is 11.5 Å². The fourth-order valence-corrected chi connectivity index (χ4v) is 11.1. The van der Waals surface area contributed by atoms with Crippen molar-refractivity contribution in [1.82, 2.24) is 47.5 Å². The van der Waals surface area contributed by atoms with Gasteiger partial charge in [-0.2, -0.15) is 0 Å². The SMILES string of the molecule is C[C@@H](O)[C@@H]1NC(=O)[C@H](CCCCN)NC(=O)[C@H](Cc2c[nH]c3ccccc23)NC(=O)[C@H](Cc2ccc(N)cc2)NC(=O)[C@H](Cc2ccccc2)NC(=O)[C@@H](NC(N)=O)CSSC[C@@H](C(=O)O)NC(=O)[C@H](Cc2ccccc2)NC1=O. The van der Waals surface area contributed by atoms with Crippen LogP contribution in [-0.4, -0.2) is 141 Å². The number of para-hydroxylation sites is 1. The number of primary amides is 1. The van der Waals surface area contributed by atoms with Crippen molar-refractivity contribution in [1.29, 1.82) is 0 Å². The maximum Gasteiger partial charge on any atom is 0.327 e. The van der Waals surface area contributed by atoms with E-state index in [2.05, 4.69) is 47.5 Å². The van der Waals surface area contributed by atoms with E-state index in [1.807, 2.05) is 18.2 Å². The number of fused-ring (bicyclic) bond motifs is 1. The maximum atomic E-state index is 15.0. The molecule has 9 amide bonds. The maximum absolute atomic E-state index is 15.0. The molecule has 2 heterocycles. The monoisotopic (exact) mass is 1140 g/mol. The minimum Gasteiger partial charge on any atom is -0.480 e. The second-order valence-corrected chi connectivity index (χ2v) is 21.8. The molecule has 4 aromatic carbocycles. The Labute approximate surface area is 469 Å². The van der Waals surface area contributed by atoms with Gasteiger partial charge in [0, 0.05) is 60.0 Å². The number of carboxylic acids is 1. The summed E-state index contributed by atoms with van der Waals surface area (Å²) in [4.78, 5) is 130. The van der Waals surface area contributed by atoms with Gasteiger partial charge in [0.25, 0.3) is 0 Å². The lowest BCUT2D eigenvalue weighted by molar-refractivity contribution is -0.141. The van der Waals surface area contributed by atoms with E-state index in [4.69, 9.17) is 17.2 Å². The third kappa shape index (κ3) is 18.5. The Kier molecular flexibility index (Phi) is 23.1. The van der Waals surface area contributed by atoms with Gasteiger partial charge in [0.15, 0.2) is 0 Å². The quantitative estimate of drug-likeness (QED) is 0.0384. The zero-order chi connectivity index (χ0) is 57.7. The number of anilines is 1. The zero-order valence-corrected chi connectivity index (χ0v) is 45.5. The number of aromatic amines is 1. The van der Waals surface area contributed by atoms with Crippen molar-refractivity contribution in [2.45, 2.75) is 106 Å². The van der Waals surface area contributed by atoms with E-state index in [0.717, 1.165) is 32.5 Å². The van der Waals surface area contributed by atoms with Gasteiger partial charge >= 0.3 is 12.0 Å². The van der Waals surface area contributed by atoms with Gasteiger partial charge in [-0.15, -0.1) is 0 Å².